The van der Waals surface area contributed by atoms with Crippen molar-refractivity contribution in [2.45, 2.75) is 96.7 Å². The normalized spacial score (nSPS) is 20.6. The van der Waals surface area contributed by atoms with E-state index in [2.05, 4.69) is 22.9 Å². The minimum Gasteiger partial charge on any atom is -0.494 e. The third kappa shape index (κ3) is 11.7. The Labute approximate surface area is 243 Å². The summed E-state index contributed by atoms with van der Waals surface area (Å²) in [6, 6.07) is 5.22. The van der Waals surface area contributed by atoms with Crippen LogP contribution in [-0.2, 0) is 30.3 Å². The predicted molar refractivity (Wildman–Crippen MR) is 154 cm³/mol. The molecule has 0 saturated heterocycles. The molecule has 4 amide bonds. The van der Waals surface area contributed by atoms with Crippen LogP contribution in [0.5, 0.6) is 5.75 Å². The second-order valence-corrected chi connectivity index (χ2v) is 11.5. The Hall–Kier alpha value is -3.18. The molecule has 0 spiro atoms. The van der Waals surface area contributed by atoms with Crippen molar-refractivity contribution < 1.29 is 33.9 Å². The SMILES string of the molecule is CCCCCC[C@H]1C(=O)N[C@H](C(=O)N[C@@H](COC(C)(C)C)C(=O)NC)Cc2ccc(cc2)OCCC[C@@H]1C(=O)NO. The highest BCUT2D eigenvalue weighted by Gasteiger charge is 2.36. The molecule has 0 unspecified atom stereocenters. The van der Waals surface area contributed by atoms with Crippen LogP contribution in [-0.4, -0.2) is 66.8 Å². The molecule has 2 bridgehead atoms. The van der Waals surface area contributed by atoms with Gasteiger partial charge in [0.05, 0.1) is 24.7 Å². The summed E-state index contributed by atoms with van der Waals surface area (Å²) in [5, 5.41) is 17.6. The van der Waals surface area contributed by atoms with Gasteiger partial charge in [0.15, 0.2) is 0 Å². The lowest BCUT2D eigenvalue weighted by Crippen LogP contribution is -2.57. The van der Waals surface area contributed by atoms with E-state index in [9.17, 15) is 24.4 Å². The van der Waals surface area contributed by atoms with E-state index in [0.717, 1.165) is 31.2 Å². The molecule has 0 saturated carbocycles. The summed E-state index contributed by atoms with van der Waals surface area (Å²) in [6.45, 7) is 7.92. The molecule has 0 aromatic heterocycles. The third-order valence-corrected chi connectivity index (χ3v) is 7.12. The summed E-state index contributed by atoms with van der Waals surface area (Å²) in [7, 11) is 1.47. The van der Waals surface area contributed by atoms with Gasteiger partial charge in [0.2, 0.25) is 23.6 Å². The summed E-state index contributed by atoms with van der Waals surface area (Å²) in [6.07, 6.45) is 5.01. The average molecular weight is 577 g/mol. The van der Waals surface area contributed by atoms with Crippen LogP contribution in [0, 0.1) is 11.8 Å². The molecule has 230 valence electrons. The molecule has 1 aromatic carbocycles. The zero-order valence-electron chi connectivity index (χ0n) is 25.1. The first-order valence-corrected chi connectivity index (χ1v) is 14.6. The van der Waals surface area contributed by atoms with Gasteiger partial charge in [-0.2, -0.15) is 0 Å². The standard InChI is InChI=1S/C30H48N4O7/c1-6-7-8-9-11-22-23(27(36)34-39)12-10-17-40-21-15-13-20(14-16-21)18-24(32-26(22)35)29(38)33-25(28(37)31-5)19-41-30(2,3)4/h13-16,22-25,39H,6-12,17-19H2,1-5H3,(H,31,37)(H,32,35)(H,33,38)(H,34,36)/t22-,23+,24+,25+/m1/s1. The maximum atomic E-state index is 13.8. The lowest BCUT2D eigenvalue weighted by molar-refractivity contribution is -0.142. The number of carbonyl (C=O) groups is 4. The van der Waals surface area contributed by atoms with E-state index in [1.165, 1.54) is 7.05 Å². The number of ether oxygens (including phenoxy) is 2. The van der Waals surface area contributed by atoms with Crippen molar-refractivity contribution in [3.63, 3.8) is 0 Å². The zero-order valence-corrected chi connectivity index (χ0v) is 25.1. The zero-order chi connectivity index (χ0) is 30.4. The van der Waals surface area contributed by atoms with Crippen LogP contribution < -0.4 is 26.2 Å². The number of benzene rings is 1. The van der Waals surface area contributed by atoms with Gasteiger partial charge in [-0.1, -0.05) is 44.7 Å². The topological polar surface area (TPSA) is 155 Å². The van der Waals surface area contributed by atoms with Gasteiger partial charge >= 0.3 is 0 Å². The molecule has 11 heteroatoms. The van der Waals surface area contributed by atoms with Crippen molar-refractivity contribution in [1.29, 1.82) is 0 Å². The van der Waals surface area contributed by atoms with Gasteiger partial charge in [-0.15, -0.1) is 0 Å². The van der Waals surface area contributed by atoms with Crippen LogP contribution in [0.3, 0.4) is 0 Å². The number of rotatable bonds is 11. The first-order chi connectivity index (χ1) is 19.5. The predicted octanol–water partition coefficient (Wildman–Crippen LogP) is 2.64. The highest BCUT2D eigenvalue weighted by molar-refractivity contribution is 5.94. The van der Waals surface area contributed by atoms with Crippen LogP contribution in [0.2, 0.25) is 0 Å². The molecule has 5 N–H and O–H groups in total. The van der Waals surface area contributed by atoms with Crippen molar-refractivity contribution in [3.8, 4) is 5.75 Å². The molecule has 1 aromatic rings. The first kappa shape index (κ1) is 34.0. The van der Waals surface area contributed by atoms with Gasteiger partial charge in [0, 0.05) is 19.4 Å². The second-order valence-electron chi connectivity index (χ2n) is 11.5. The first-order valence-electron chi connectivity index (χ1n) is 14.6. The number of hydrogen-bond acceptors (Lipinski definition) is 7. The fourth-order valence-electron chi connectivity index (χ4n) is 4.81. The molecule has 2 aliphatic heterocycles. The fourth-order valence-corrected chi connectivity index (χ4v) is 4.81. The van der Waals surface area contributed by atoms with E-state index < -0.39 is 53.1 Å². The van der Waals surface area contributed by atoms with E-state index in [-0.39, 0.29) is 13.0 Å². The molecule has 41 heavy (non-hydrogen) atoms. The van der Waals surface area contributed by atoms with E-state index in [4.69, 9.17) is 9.47 Å². The lowest BCUT2D eigenvalue weighted by atomic mass is 9.82. The van der Waals surface area contributed by atoms with E-state index in [1.807, 2.05) is 32.9 Å². The molecular weight excluding hydrogens is 528 g/mol. The van der Waals surface area contributed by atoms with E-state index in [1.54, 1.807) is 17.6 Å². The molecule has 3 rings (SSSR count). The summed E-state index contributed by atoms with van der Waals surface area (Å²) >= 11 is 0. The highest BCUT2D eigenvalue weighted by atomic mass is 16.5. The molecule has 11 nitrogen and oxygen atoms in total. The summed E-state index contributed by atoms with van der Waals surface area (Å²) in [4.78, 5) is 52.7. The Morgan fingerprint density at radius 1 is 1.12 bits per heavy atom. The summed E-state index contributed by atoms with van der Waals surface area (Å²) in [5.74, 6) is -3.00. The van der Waals surface area contributed by atoms with Crippen molar-refractivity contribution in [1.82, 2.24) is 21.4 Å². The third-order valence-electron chi connectivity index (χ3n) is 7.12. The van der Waals surface area contributed by atoms with Gasteiger partial charge in [-0.25, -0.2) is 5.48 Å². The van der Waals surface area contributed by atoms with Gasteiger partial charge in [-0.05, 0) is 57.7 Å². The molecular formula is C30H48N4O7. The van der Waals surface area contributed by atoms with Crippen LogP contribution in [0.15, 0.2) is 24.3 Å². The highest BCUT2D eigenvalue weighted by Crippen LogP contribution is 2.26. The Morgan fingerprint density at radius 3 is 2.44 bits per heavy atom. The molecule has 2 heterocycles. The number of likely N-dealkylation sites (N-methyl/N-ethyl adjacent to an activating group) is 1. The maximum Gasteiger partial charge on any atom is 0.247 e. The number of carbonyl (C=O) groups excluding carboxylic acids is 4. The monoisotopic (exact) mass is 576 g/mol. The van der Waals surface area contributed by atoms with Crippen molar-refractivity contribution >= 4 is 23.6 Å². The van der Waals surface area contributed by atoms with Crippen LogP contribution in [0.1, 0.15) is 78.2 Å². The van der Waals surface area contributed by atoms with Gasteiger partial charge in [0.1, 0.15) is 17.8 Å². The Morgan fingerprint density at radius 2 is 1.83 bits per heavy atom. The van der Waals surface area contributed by atoms with Crippen molar-refractivity contribution in [2.24, 2.45) is 11.8 Å². The summed E-state index contributed by atoms with van der Waals surface area (Å²) < 4.78 is 11.6. The largest absolute Gasteiger partial charge is 0.494 e. The minimum absolute atomic E-state index is 0.0551. The summed E-state index contributed by atoms with van der Waals surface area (Å²) in [5.41, 5.74) is 1.97. The minimum atomic E-state index is -1.03. The second kappa shape index (κ2) is 16.9. The van der Waals surface area contributed by atoms with Crippen LogP contribution in [0.4, 0.5) is 0 Å². The Bertz CT molecular complexity index is 994. The number of unbranched alkanes of at least 4 members (excludes halogenated alkanes) is 3. The smallest absolute Gasteiger partial charge is 0.247 e. The van der Waals surface area contributed by atoms with Crippen LogP contribution in [0.25, 0.3) is 0 Å². The van der Waals surface area contributed by atoms with Gasteiger partial charge in [0.25, 0.3) is 0 Å². The number of amides is 4. The van der Waals surface area contributed by atoms with Gasteiger partial charge < -0.3 is 25.4 Å². The number of hydrogen-bond donors (Lipinski definition) is 5. The maximum absolute atomic E-state index is 13.8. The number of fused-ring (bicyclic) bond motifs is 11. The molecule has 0 fully saturated rings. The van der Waals surface area contributed by atoms with Gasteiger partial charge in [-0.3, -0.25) is 24.4 Å². The average Bonchev–Trinajstić information content (AvgIpc) is 2.94. The van der Waals surface area contributed by atoms with E-state index >= 15 is 0 Å². The molecule has 0 aliphatic carbocycles. The van der Waals surface area contributed by atoms with Crippen molar-refractivity contribution in [3.05, 3.63) is 29.8 Å². The van der Waals surface area contributed by atoms with E-state index in [0.29, 0.717) is 31.6 Å². The Kier molecular flexibility index (Phi) is 14.1. The molecule has 4 atom stereocenters. The van der Waals surface area contributed by atoms with Crippen LogP contribution >= 0.6 is 0 Å². The van der Waals surface area contributed by atoms with Crippen molar-refractivity contribution in [2.75, 3.05) is 20.3 Å². The lowest BCUT2D eigenvalue weighted by Gasteiger charge is -2.29. The number of hydroxylamine groups is 1. The number of nitrogens with one attached hydrogen (secondary N) is 4. The Balaban J connectivity index is 2.40. The fraction of sp³-hybridized carbons (Fsp3) is 0.667. The quantitative estimate of drug-likeness (QED) is 0.154. The molecule has 0 radical (unpaired) electrons. The molecule has 2 aliphatic rings.